The predicted octanol–water partition coefficient (Wildman–Crippen LogP) is -0.0176. The van der Waals surface area contributed by atoms with Crippen LogP contribution in [-0.4, -0.2) is 16.9 Å². The molecular formula is C2H2ClNO. The lowest BCUT2D eigenvalue weighted by atomic mass is 11.0. The molecule has 0 aliphatic carbocycles. The van der Waals surface area contributed by atoms with Gasteiger partial charge in [-0.2, -0.15) is 0 Å². The molecule has 0 spiro atoms. The Morgan fingerprint density at radius 2 is 2.20 bits per heavy atom. The molecular weight excluding hydrogens is 89.5 g/mol. The first-order chi connectivity index (χ1) is 2.30. The lowest BCUT2D eigenvalue weighted by Gasteiger charge is -1.62. The summed E-state index contributed by atoms with van der Waals surface area (Å²) in [5, 5.41) is 0. The monoisotopic (exact) mass is 91.0 g/mol. The molecule has 3 heteroatoms. The predicted molar refractivity (Wildman–Crippen MR) is 17.6 cm³/mol. The number of amides is 1. The van der Waals surface area contributed by atoms with E-state index in [1.54, 1.807) is 0 Å². The summed E-state index contributed by atoms with van der Waals surface area (Å²) >= 11 is 5.02. The number of hydrogen-bond acceptors (Lipinski definition) is 1. The fraction of sp³-hybridized carbons (Fsp3) is 0.500. The molecule has 28 valence electrons. The van der Waals surface area contributed by atoms with Crippen LogP contribution in [0.25, 0.3) is 0 Å². The smallest absolute Gasteiger partial charge is 0.258 e. The van der Waals surface area contributed by atoms with Gasteiger partial charge in [0.05, 0.1) is 0 Å². The molecule has 0 unspecified atom stereocenters. The second-order valence-electron chi connectivity index (χ2n) is 0.914. The van der Waals surface area contributed by atoms with Gasteiger partial charge in [-0.15, -0.1) is 0 Å². The van der Waals surface area contributed by atoms with Gasteiger partial charge in [0.15, 0.2) is 0 Å². The van der Waals surface area contributed by atoms with Gasteiger partial charge >= 0.3 is 0 Å². The van der Waals surface area contributed by atoms with E-state index >= 15 is 0 Å². The van der Waals surface area contributed by atoms with Crippen LogP contribution in [0.4, 0.5) is 0 Å². The minimum atomic E-state index is 0.0201. The van der Waals surface area contributed by atoms with Crippen molar-refractivity contribution < 1.29 is 4.79 Å². The second-order valence-corrected chi connectivity index (χ2v) is 1.32. The number of carbonyl (C=O) groups is 1. The molecule has 0 radical (unpaired) electrons. The van der Waals surface area contributed by atoms with Gasteiger partial charge in [-0.25, -0.2) is 4.42 Å². The van der Waals surface area contributed by atoms with Crippen LogP contribution in [0, 0.1) is 0 Å². The van der Waals surface area contributed by atoms with Crippen molar-refractivity contribution in [1.29, 1.82) is 0 Å². The van der Waals surface area contributed by atoms with E-state index in [-0.39, 0.29) is 5.91 Å². The van der Waals surface area contributed by atoms with E-state index in [0.717, 1.165) is 4.42 Å². The zero-order valence-electron chi connectivity index (χ0n) is 2.44. The van der Waals surface area contributed by atoms with Gasteiger partial charge in [0.2, 0.25) is 0 Å². The van der Waals surface area contributed by atoms with Crippen LogP contribution in [0.3, 0.4) is 0 Å². The molecule has 0 bridgehead atoms. The molecule has 1 aliphatic rings. The van der Waals surface area contributed by atoms with Crippen LogP contribution in [0.2, 0.25) is 0 Å². The van der Waals surface area contributed by atoms with Gasteiger partial charge in [-0.3, -0.25) is 4.79 Å². The third kappa shape index (κ3) is 0.351. The second kappa shape index (κ2) is 0.627. The summed E-state index contributed by atoms with van der Waals surface area (Å²) in [5.41, 5.74) is 0. The SMILES string of the molecule is O=C1CN1Cl. The lowest BCUT2D eigenvalue weighted by molar-refractivity contribution is -0.112. The highest BCUT2D eigenvalue weighted by molar-refractivity contribution is 6.28. The molecule has 0 N–H and O–H groups in total. The minimum absolute atomic E-state index is 0.0201. The van der Waals surface area contributed by atoms with Gasteiger partial charge < -0.3 is 0 Å². The number of rotatable bonds is 0. The Bertz CT molecular complexity index is 72.0. The number of halogens is 1. The largest absolute Gasteiger partial charge is 0.271 e. The van der Waals surface area contributed by atoms with E-state index in [1.807, 2.05) is 0 Å². The molecule has 1 rings (SSSR count). The summed E-state index contributed by atoms with van der Waals surface area (Å²) in [6.07, 6.45) is 0. The molecule has 0 aromatic heterocycles. The van der Waals surface area contributed by atoms with Gasteiger partial charge in [-0.05, 0) is 0 Å². The fourth-order valence-electron chi connectivity index (χ4n) is 0.0834. The maximum Gasteiger partial charge on any atom is 0.258 e. The quantitative estimate of drug-likeness (QED) is 0.303. The Morgan fingerprint density at radius 3 is 2.20 bits per heavy atom. The number of hydrogen-bond donors (Lipinski definition) is 0. The zero-order valence-corrected chi connectivity index (χ0v) is 3.20. The van der Waals surface area contributed by atoms with E-state index in [2.05, 4.69) is 0 Å². The summed E-state index contributed by atoms with van der Waals surface area (Å²) in [6.45, 7) is 0.432. The first-order valence-corrected chi connectivity index (χ1v) is 1.60. The van der Waals surface area contributed by atoms with E-state index in [9.17, 15) is 4.79 Å². The van der Waals surface area contributed by atoms with Gasteiger partial charge in [0.1, 0.15) is 6.54 Å². The van der Waals surface area contributed by atoms with Crippen molar-refractivity contribution in [2.24, 2.45) is 0 Å². The van der Waals surface area contributed by atoms with Crippen LogP contribution in [0.1, 0.15) is 0 Å². The van der Waals surface area contributed by atoms with Crippen molar-refractivity contribution in [1.82, 2.24) is 4.42 Å². The Balaban J connectivity index is 2.47. The van der Waals surface area contributed by atoms with Gasteiger partial charge in [0, 0.05) is 11.8 Å². The van der Waals surface area contributed by atoms with Crippen molar-refractivity contribution in [3.05, 3.63) is 0 Å². The summed E-state index contributed by atoms with van der Waals surface area (Å²) in [4.78, 5) is 9.68. The van der Waals surface area contributed by atoms with Crippen molar-refractivity contribution in [2.45, 2.75) is 0 Å². The normalized spacial score (nSPS) is 20.2. The first kappa shape index (κ1) is 2.97. The van der Waals surface area contributed by atoms with Crippen LogP contribution in [0.15, 0.2) is 0 Å². The maximum atomic E-state index is 9.68. The molecule has 1 saturated heterocycles. The van der Waals surface area contributed by atoms with Gasteiger partial charge in [-0.1, -0.05) is 0 Å². The van der Waals surface area contributed by atoms with Gasteiger partial charge in [0.25, 0.3) is 5.91 Å². The fourth-order valence-corrected chi connectivity index (χ4v) is 0.186. The molecule has 5 heavy (non-hydrogen) atoms. The average Bonchev–Trinajstić information content (AvgIpc) is 1.79. The molecule has 2 nitrogen and oxygen atoms in total. The molecule has 1 fully saturated rings. The summed E-state index contributed by atoms with van der Waals surface area (Å²) in [5.74, 6) is 0.0201. The highest BCUT2D eigenvalue weighted by Crippen LogP contribution is 2.07. The van der Waals surface area contributed by atoms with Crippen molar-refractivity contribution in [2.75, 3.05) is 6.54 Å². The first-order valence-electron chi connectivity index (χ1n) is 1.27. The third-order valence-corrected chi connectivity index (χ3v) is 0.749. The summed E-state index contributed by atoms with van der Waals surface area (Å²) in [6, 6.07) is 0. The van der Waals surface area contributed by atoms with Crippen LogP contribution in [-0.2, 0) is 4.79 Å². The molecule has 1 heterocycles. The van der Waals surface area contributed by atoms with E-state index in [0.29, 0.717) is 6.54 Å². The number of carbonyl (C=O) groups excluding carboxylic acids is 1. The van der Waals surface area contributed by atoms with E-state index < -0.39 is 0 Å². The molecule has 0 aromatic rings. The zero-order chi connectivity index (χ0) is 3.86. The maximum absolute atomic E-state index is 9.68. The van der Waals surface area contributed by atoms with E-state index in [1.165, 1.54) is 0 Å². The van der Waals surface area contributed by atoms with Crippen molar-refractivity contribution >= 4 is 17.7 Å². The van der Waals surface area contributed by atoms with Crippen molar-refractivity contribution in [3.63, 3.8) is 0 Å². The Kier molecular flexibility index (Phi) is 0.372. The van der Waals surface area contributed by atoms with Crippen LogP contribution < -0.4 is 0 Å². The van der Waals surface area contributed by atoms with E-state index in [4.69, 9.17) is 11.8 Å². The molecule has 0 saturated carbocycles. The Morgan fingerprint density at radius 1 is 2.00 bits per heavy atom. The standard InChI is InChI=1S/C2H2ClNO/c3-4-1-2(4)5/h1H2. The summed E-state index contributed by atoms with van der Waals surface area (Å²) in [7, 11) is 0. The molecule has 0 atom stereocenters. The highest BCUT2D eigenvalue weighted by atomic mass is 35.5. The third-order valence-electron chi connectivity index (χ3n) is 0.441. The Hall–Kier alpha value is -0.240. The molecule has 0 aromatic carbocycles. The molecule has 1 amide bonds. The highest BCUT2D eigenvalue weighted by Gasteiger charge is 2.27. The average molecular weight is 91.5 g/mol. The molecule has 1 aliphatic heterocycles. The lowest BCUT2D eigenvalue weighted by Crippen LogP contribution is -1.68. The number of nitrogens with zero attached hydrogens (tertiary/aromatic N) is 1. The minimum Gasteiger partial charge on any atom is -0.271 e. The van der Waals surface area contributed by atoms with Crippen LogP contribution in [0.5, 0.6) is 0 Å². The van der Waals surface area contributed by atoms with Crippen LogP contribution >= 0.6 is 11.8 Å². The summed E-state index contributed by atoms with van der Waals surface area (Å²) < 4.78 is 1.12. The van der Waals surface area contributed by atoms with Crippen molar-refractivity contribution in [3.8, 4) is 0 Å². The Labute approximate surface area is 34.4 Å². The topological polar surface area (TPSA) is 20.1 Å².